The fourth-order valence-electron chi connectivity index (χ4n) is 3.08. The molecule has 0 amide bonds. The molecule has 2 rings (SSSR count). The normalized spacial score (nSPS) is 14.8. The summed E-state index contributed by atoms with van der Waals surface area (Å²) in [5.41, 5.74) is 1.59. The van der Waals surface area contributed by atoms with Crippen LogP contribution in [0.15, 0.2) is 48.5 Å². The van der Waals surface area contributed by atoms with Crippen molar-refractivity contribution >= 4 is 10.1 Å². The summed E-state index contributed by atoms with van der Waals surface area (Å²) in [5, 5.41) is -7.11. The van der Waals surface area contributed by atoms with Crippen molar-refractivity contribution in [3.05, 3.63) is 66.8 Å². The van der Waals surface area contributed by atoms with Gasteiger partial charge in [-0.1, -0.05) is 63.1 Å². The summed E-state index contributed by atoms with van der Waals surface area (Å²) in [6, 6.07) is 15.5. The van der Waals surface area contributed by atoms with Gasteiger partial charge in [-0.25, -0.2) is 17.2 Å². The Bertz CT molecular complexity index is 1150. The topological polar surface area (TPSA) is 57.2 Å². The van der Waals surface area contributed by atoms with E-state index in [1.54, 1.807) is 0 Å². The van der Waals surface area contributed by atoms with Crippen molar-refractivity contribution in [3.8, 4) is 0 Å². The molecule has 0 fully saturated rings. The third kappa shape index (κ3) is 8.20. The number of alkyl halides is 11. The lowest BCUT2D eigenvalue weighted by Crippen LogP contribution is -3.62. The van der Waals surface area contributed by atoms with Crippen LogP contribution in [0.3, 0.4) is 0 Å². The van der Waals surface area contributed by atoms with Gasteiger partial charge < -0.3 is 4.55 Å². The van der Waals surface area contributed by atoms with Crippen LogP contribution in [-0.2, 0) is 10.1 Å². The molecule has 0 aromatic heterocycles. The average Bonchev–Trinajstić information content (AvgIpc) is 2.84. The van der Waals surface area contributed by atoms with Gasteiger partial charge in [0.2, 0.25) is 7.14 Å². The lowest BCUT2D eigenvalue weighted by molar-refractivity contribution is -0.599. The molecular formula is C24H24F11IO3S. The van der Waals surface area contributed by atoms with E-state index >= 15 is 0 Å². The zero-order valence-electron chi connectivity index (χ0n) is 20.8. The average molecular weight is 728 g/mol. The van der Waals surface area contributed by atoms with Crippen molar-refractivity contribution in [2.75, 3.05) is 0 Å². The minimum atomic E-state index is -7.43. The van der Waals surface area contributed by atoms with Crippen molar-refractivity contribution in [1.29, 1.82) is 0 Å². The Kier molecular flexibility index (Phi) is 12.7. The predicted molar refractivity (Wildman–Crippen MR) is 118 cm³/mol. The third-order valence-electron chi connectivity index (χ3n) is 5.20. The maximum Gasteiger partial charge on any atom is 0.460 e. The summed E-state index contributed by atoms with van der Waals surface area (Å²) in [6.07, 6.45) is -6.25. The second-order valence-corrected chi connectivity index (χ2v) is 12.6. The molecule has 2 aromatic rings. The van der Waals surface area contributed by atoms with Gasteiger partial charge in [-0.05, 0) is 25.0 Å². The fourth-order valence-corrected chi connectivity index (χ4v) is 6.58. The maximum absolute atomic E-state index is 14.4. The molecule has 0 bridgehead atoms. The monoisotopic (exact) mass is 728 g/mol. The van der Waals surface area contributed by atoms with Crippen LogP contribution in [0, 0.1) is 7.14 Å². The first kappa shape index (κ1) is 36.3. The van der Waals surface area contributed by atoms with Crippen molar-refractivity contribution in [1.82, 2.24) is 0 Å². The van der Waals surface area contributed by atoms with Crippen LogP contribution in [0.1, 0.15) is 63.0 Å². The smallest absolute Gasteiger partial charge is 0.460 e. The highest BCUT2D eigenvalue weighted by molar-refractivity contribution is 7.86. The lowest BCUT2D eigenvalue weighted by atomic mass is 10.1. The van der Waals surface area contributed by atoms with Crippen molar-refractivity contribution < 1.29 is 82.5 Å². The first-order valence-electron chi connectivity index (χ1n) is 11.4. The Morgan fingerprint density at radius 1 is 0.700 bits per heavy atom. The third-order valence-corrected chi connectivity index (χ3v) is 9.21. The Labute approximate surface area is 234 Å². The molecule has 0 aliphatic heterocycles. The lowest BCUT2D eigenvalue weighted by Gasteiger charge is -2.34. The van der Waals surface area contributed by atoms with E-state index in [0.717, 1.165) is 31.1 Å². The zero-order valence-corrected chi connectivity index (χ0v) is 23.7. The Hall–Kier alpha value is -1.69. The van der Waals surface area contributed by atoms with Crippen LogP contribution < -0.4 is 21.2 Å². The van der Waals surface area contributed by atoms with E-state index in [1.165, 1.54) is 0 Å². The van der Waals surface area contributed by atoms with E-state index in [-0.39, 0.29) is 0 Å². The molecule has 0 aliphatic rings. The van der Waals surface area contributed by atoms with Gasteiger partial charge in [-0.3, -0.25) is 0 Å². The van der Waals surface area contributed by atoms with Gasteiger partial charge in [-0.2, -0.15) is 39.5 Å². The molecule has 228 valence electrons. The molecule has 2 unspecified atom stereocenters. The van der Waals surface area contributed by atoms with Crippen molar-refractivity contribution in [2.24, 2.45) is 0 Å². The van der Waals surface area contributed by atoms with Gasteiger partial charge in [0.15, 0.2) is 10.1 Å². The van der Waals surface area contributed by atoms with Crippen LogP contribution in [0.2, 0.25) is 0 Å². The summed E-state index contributed by atoms with van der Waals surface area (Å²) in [4.78, 5) is 0. The number of hydrogen-bond donors (Lipinski definition) is 0. The summed E-state index contributed by atoms with van der Waals surface area (Å²) in [7, 11) is -7.42. The first-order chi connectivity index (χ1) is 18.2. The highest BCUT2D eigenvalue weighted by Crippen LogP contribution is 2.54. The quantitative estimate of drug-likeness (QED) is 0.177. The molecule has 0 N–H and O–H groups in total. The van der Waals surface area contributed by atoms with Crippen LogP contribution in [-0.4, -0.2) is 36.2 Å². The summed E-state index contributed by atoms with van der Waals surface area (Å²) in [6.45, 7) is 4.00. The van der Waals surface area contributed by atoms with Crippen molar-refractivity contribution in [2.45, 2.75) is 75.2 Å². The standard InChI is InChI=1S/C20H24F2I.C4HF9O3S/c1-3-9-17(21)15-11-5-7-13-19(15)23-20-14-8-6-12-16(20)18(22)10-4-2;5-1(6,3(9,10)11)2(7,8)4(12,13)17(14,15)16/h5-8,11-14,17-18H,3-4,9-10H2,1-2H3;(H,14,15,16)/q+1;/p-1. The number of rotatable bonds is 11. The van der Waals surface area contributed by atoms with E-state index < -0.39 is 66.9 Å². The number of halogens is 12. The van der Waals surface area contributed by atoms with Crippen LogP contribution in [0.5, 0.6) is 0 Å². The highest BCUT2D eigenvalue weighted by Gasteiger charge is 2.83. The predicted octanol–water partition coefficient (Wildman–Crippen LogP) is 5.39. The largest absolute Gasteiger partial charge is 0.743 e. The van der Waals surface area contributed by atoms with Crippen LogP contribution in [0.25, 0.3) is 0 Å². The molecule has 40 heavy (non-hydrogen) atoms. The van der Waals surface area contributed by atoms with Gasteiger partial charge in [-0.15, -0.1) is 0 Å². The molecule has 0 aliphatic carbocycles. The van der Waals surface area contributed by atoms with Gasteiger partial charge in [0.05, 0.1) is 0 Å². The van der Waals surface area contributed by atoms with Gasteiger partial charge >= 0.3 is 44.5 Å². The van der Waals surface area contributed by atoms with E-state index in [9.17, 15) is 61.3 Å². The molecule has 0 radical (unpaired) electrons. The Balaban J connectivity index is 0.000000421. The molecule has 0 heterocycles. The van der Waals surface area contributed by atoms with Crippen LogP contribution in [0.4, 0.5) is 48.3 Å². The van der Waals surface area contributed by atoms with E-state index in [2.05, 4.69) is 0 Å². The molecular weight excluding hydrogens is 704 g/mol. The maximum atomic E-state index is 14.4. The first-order valence-corrected chi connectivity index (χ1v) is 15.0. The van der Waals surface area contributed by atoms with E-state index in [4.69, 9.17) is 0 Å². The second kappa shape index (κ2) is 14.0. The minimum absolute atomic E-state index is 0.546. The summed E-state index contributed by atoms with van der Waals surface area (Å²) in [5.74, 6) is -14.8. The SMILES string of the molecule is CCCC(F)c1ccccc1[I+]c1ccccc1C(F)CCC.O=S(=O)([O-])C(F)(F)C(F)(F)C(F)(F)C(F)(F)F. The minimum Gasteiger partial charge on any atom is -0.743 e. The summed E-state index contributed by atoms with van der Waals surface area (Å²) >= 11 is -0.585. The number of hydrogen-bond acceptors (Lipinski definition) is 3. The molecule has 0 saturated heterocycles. The van der Waals surface area contributed by atoms with E-state index in [0.29, 0.717) is 12.8 Å². The van der Waals surface area contributed by atoms with Gasteiger partial charge in [0, 0.05) is 11.1 Å². The van der Waals surface area contributed by atoms with Crippen molar-refractivity contribution in [3.63, 3.8) is 0 Å². The van der Waals surface area contributed by atoms with E-state index in [1.807, 2.05) is 62.4 Å². The zero-order chi connectivity index (χ0) is 31.2. The molecule has 3 nitrogen and oxygen atoms in total. The van der Waals surface area contributed by atoms with Gasteiger partial charge in [0.1, 0.15) is 12.3 Å². The Morgan fingerprint density at radius 3 is 1.35 bits per heavy atom. The van der Waals surface area contributed by atoms with Gasteiger partial charge in [0.25, 0.3) is 0 Å². The molecule has 16 heteroatoms. The molecule has 2 aromatic carbocycles. The molecule has 0 spiro atoms. The molecule has 2 atom stereocenters. The fraction of sp³-hybridized carbons (Fsp3) is 0.500. The molecule has 0 saturated carbocycles. The number of benzene rings is 2. The summed E-state index contributed by atoms with van der Waals surface area (Å²) < 4.78 is 166. The highest BCUT2D eigenvalue weighted by atomic mass is 127. The second-order valence-electron chi connectivity index (χ2n) is 8.27. The Morgan fingerprint density at radius 2 is 1.05 bits per heavy atom. The van der Waals surface area contributed by atoms with Crippen LogP contribution >= 0.6 is 0 Å².